The fourth-order valence-electron chi connectivity index (χ4n) is 2.88. The van der Waals surface area contributed by atoms with Gasteiger partial charge in [0.25, 0.3) is 0 Å². The fraction of sp³-hybridized carbons (Fsp3) is 0.222. The van der Waals surface area contributed by atoms with E-state index in [1.54, 1.807) is 30.3 Å². The van der Waals surface area contributed by atoms with E-state index in [1.165, 1.54) is 28.3 Å². The maximum atomic E-state index is 13.3. The molecule has 0 saturated carbocycles. The Morgan fingerprint density at radius 3 is 3.08 bits per heavy atom. The number of nitrogens with zero attached hydrogens (tertiary/aromatic N) is 2. The SMILES string of the molecule is CN(C(=O)Cc1cccc(F)c1)c1nc2c(s1)CCc1occc1-2. The molecule has 0 radical (unpaired) electrons. The zero-order chi connectivity index (χ0) is 16.7. The molecule has 0 spiro atoms. The summed E-state index contributed by atoms with van der Waals surface area (Å²) in [5.74, 6) is 0.507. The molecular weight excluding hydrogens is 327 g/mol. The van der Waals surface area contributed by atoms with E-state index in [-0.39, 0.29) is 18.1 Å². The van der Waals surface area contributed by atoms with Gasteiger partial charge in [-0.1, -0.05) is 12.1 Å². The number of carbonyl (C=O) groups is 1. The third kappa shape index (κ3) is 2.63. The lowest BCUT2D eigenvalue weighted by Crippen LogP contribution is -2.27. The molecule has 2 heterocycles. The molecule has 1 aromatic carbocycles. The number of amides is 1. The van der Waals surface area contributed by atoms with Gasteiger partial charge in [-0.3, -0.25) is 9.69 Å². The molecule has 0 atom stereocenters. The second kappa shape index (κ2) is 5.87. The summed E-state index contributed by atoms with van der Waals surface area (Å²) >= 11 is 1.53. The summed E-state index contributed by atoms with van der Waals surface area (Å²) in [5, 5.41) is 0.662. The predicted molar refractivity (Wildman–Crippen MR) is 90.7 cm³/mol. The summed E-state index contributed by atoms with van der Waals surface area (Å²) in [5.41, 5.74) is 2.59. The van der Waals surface area contributed by atoms with Gasteiger partial charge in [0.2, 0.25) is 5.91 Å². The molecule has 6 heteroatoms. The third-order valence-electron chi connectivity index (χ3n) is 4.17. The molecule has 0 saturated heterocycles. The Morgan fingerprint density at radius 2 is 2.25 bits per heavy atom. The van der Waals surface area contributed by atoms with E-state index in [0.717, 1.165) is 29.9 Å². The Hall–Kier alpha value is -2.47. The number of anilines is 1. The van der Waals surface area contributed by atoms with Crippen LogP contribution in [0.4, 0.5) is 9.52 Å². The minimum Gasteiger partial charge on any atom is -0.469 e. The maximum absolute atomic E-state index is 13.3. The van der Waals surface area contributed by atoms with Crippen molar-refractivity contribution in [3.8, 4) is 11.3 Å². The van der Waals surface area contributed by atoms with Crippen LogP contribution < -0.4 is 4.90 Å². The molecule has 3 aromatic rings. The normalized spacial score (nSPS) is 12.6. The number of aryl methyl sites for hydroxylation is 2. The summed E-state index contributed by atoms with van der Waals surface area (Å²) in [7, 11) is 1.71. The monoisotopic (exact) mass is 342 g/mol. The van der Waals surface area contributed by atoms with E-state index in [1.807, 2.05) is 6.07 Å². The first-order valence-electron chi connectivity index (χ1n) is 7.69. The van der Waals surface area contributed by atoms with Crippen molar-refractivity contribution < 1.29 is 13.6 Å². The second-order valence-electron chi connectivity index (χ2n) is 5.79. The number of aromatic nitrogens is 1. The van der Waals surface area contributed by atoms with Gasteiger partial charge in [-0.05, 0) is 30.2 Å². The lowest BCUT2D eigenvalue weighted by molar-refractivity contribution is -0.117. The molecule has 122 valence electrons. The van der Waals surface area contributed by atoms with Crippen LogP contribution >= 0.6 is 11.3 Å². The van der Waals surface area contributed by atoms with Gasteiger partial charge in [-0.15, -0.1) is 11.3 Å². The van der Waals surface area contributed by atoms with Crippen LogP contribution in [0.3, 0.4) is 0 Å². The number of hydrogen-bond donors (Lipinski definition) is 0. The first-order chi connectivity index (χ1) is 11.6. The molecule has 4 rings (SSSR count). The van der Waals surface area contributed by atoms with Crippen LogP contribution in [0.1, 0.15) is 16.2 Å². The average molecular weight is 342 g/mol. The van der Waals surface area contributed by atoms with Crippen molar-refractivity contribution in [2.45, 2.75) is 19.3 Å². The van der Waals surface area contributed by atoms with Crippen LogP contribution in [-0.4, -0.2) is 17.9 Å². The Morgan fingerprint density at radius 1 is 1.38 bits per heavy atom. The number of fused-ring (bicyclic) bond motifs is 3. The third-order valence-corrected chi connectivity index (χ3v) is 5.36. The topological polar surface area (TPSA) is 46.3 Å². The molecular formula is C18H15FN2O2S. The minimum absolute atomic E-state index is 0.112. The highest BCUT2D eigenvalue weighted by Gasteiger charge is 2.25. The van der Waals surface area contributed by atoms with Gasteiger partial charge >= 0.3 is 0 Å². The van der Waals surface area contributed by atoms with E-state index in [2.05, 4.69) is 4.98 Å². The van der Waals surface area contributed by atoms with Gasteiger partial charge < -0.3 is 4.42 Å². The van der Waals surface area contributed by atoms with Crippen LogP contribution in [0.2, 0.25) is 0 Å². The second-order valence-corrected chi connectivity index (χ2v) is 6.85. The quantitative estimate of drug-likeness (QED) is 0.726. The van der Waals surface area contributed by atoms with E-state index < -0.39 is 0 Å². The van der Waals surface area contributed by atoms with Crippen molar-refractivity contribution >= 4 is 22.4 Å². The standard InChI is InChI=1S/C18H15FN2O2S/c1-21(16(22)10-11-3-2-4-12(19)9-11)18-20-17-13-7-8-23-14(13)5-6-15(17)24-18/h2-4,7-9H,5-6,10H2,1H3. The Balaban J connectivity index is 1.57. The number of likely N-dealkylation sites (N-methyl/N-ethyl adjacent to an activating group) is 1. The Kier molecular flexibility index (Phi) is 3.69. The molecule has 24 heavy (non-hydrogen) atoms. The highest BCUT2D eigenvalue weighted by Crippen LogP contribution is 2.39. The molecule has 1 aliphatic carbocycles. The van der Waals surface area contributed by atoms with Crippen molar-refractivity contribution in [1.29, 1.82) is 0 Å². The molecule has 1 aliphatic rings. The molecule has 4 nitrogen and oxygen atoms in total. The van der Waals surface area contributed by atoms with Crippen LogP contribution in [0.5, 0.6) is 0 Å². The van der Waals surface area contributed by atoms with Crippen molar-refractivity contribution in [2.24, 2.45) is 0 Å². The van der Waals surface area contributed by atoms with E-state index in [0.29, 0.717) is 10.7 Å². The van der Waals surface area contributed by atoms with E-state index in [4.69, 9.17) is 4.42 Å². The van der Waals surface area contributed by atoms with Crippen LogP contribution in [0.15, 0.2) is 41.0 Å². The van der Waals surface area contributed by atoms with Gasteiger partial charge in [0.15, 0.2) is 5.13 Å². The van der Waals surface area contributed by atoms with Crippen molar-refractivity contribution in [2.75, 3.05) is 11.9 Å². The molecule has 0 N–H and O–H groups in total. The number of benzene rings is 1. The van der Waals surface area contributed by atoms with Crippen LogP contribution in [0, 0.1) is 5.82 Å². The largest absolute Gasteiger partial charge is 0.469 e. The number of carbonyl (C=O) groups excluding carboxylic acids is 1. The average Bonchev–Trinajstić information content (AvgIpc) is 3.19. The number of halogens is 1. The summed E-state index contributed by atoms with van der Waals surface area (Å²) in [6, 6.07) is 8.04. The van der Waals surface area contributed by atoms with Gasteiger partial charge in [-0.25, -0.2) is 9.37 Å². The molecule has 0 fully saturated rings. The molecule has 0 unspecified atom stereocenters. The molecule has 0 aliphatic heterocycles. The van der Waals surface area contributed by atoms with Gasteiger partial charge in [0.1, 0.15) is 11.6 Å². The van der Waals surface area contributed by atoms with Crippen LogP contribution in [0.25, 0.3) is 11.3 Å². The predicted octanol–water partition coefficient (Wildman–Crippen LogP) is 3.85. The number of furan rings is 1. The summed E-state index contributed by atoms with van der Waals surface area (Å²) in [4.78, 5) is 19.8. The van der Waals surface area contributed by atoms with E-state index >= 15 is 0 Å². The lowest BCUT2D eigenvalue weighted by atomic mass is 10.0. The zero-order valence-corrected chi connectivity index (χ0v) is 13.9. The number of thiazole rings is 1. The van der Waals surface area contributed by atoms with Gasteiger partial charge in [0, 0.05) is 23.9 Å². The molecule has 1 amide bonds. The smallest absolute Gasteiger partial charge is 0.232 e. The van der Waals surface area contributed by atoms with Gasteiger partial charge in [-0.2, -0.15) is 0 Å². The fourth-order valence-corrected chi connectivity index (χ4v) is 3.93. The lowest BCUT2D eigenvalue weighted by Gasteiger charge is -2.13. The number of hydrogen-bond acceptors (Lipinski definition) is 4. The molecule has 0 bridgehead atoms. The summed E-state index contributed by atoms with van der Waals surface area (Å²) in [6.45, 7) is 0. The summed E-state index contributed by atoms with van der Waals surface area (Å²) in [6.07, 6.45) is 3.56. The van der Waals surface area contributed by atoms with Crippen LogP contribution in [-0.2, 0) is 24.1 Å². The first kappa shape index (κ1) is 15.1. The minimum atomic E-state index is -0.333. The maximum Gasteiger partial charge on any atom is 0.232 e. The highest BCUT2D eigenvalue weighted by molar-refractivity contribution is 7.16. The van der Waals surface area contributed by atoms with Crippen molar-refractivity contribution in [3.63, 3.8) is 0 Å². The molecule has 2 aromatic heterocycles. The first-order valence-corrected chi connectivity index (χ1v) is 8.51. The Labute approximate surface area is 142 Å². The number of rotatable bonds is 3. The van der Waals surface area contributed by atoms with Crippen molar-refractivity contribution in [3.05, 3.63) is 58.6 Å². The zero-order valence-electron chi connectivity index (χ0n) is 13.1. The van der Waals surface area contributed by atoms with E-state index in [9.17, 15) is 9.18 Å². The Bertz CT molecular complexity index is 915. The van der Waals surface area contributed by atoms with Crippen molar-refractivity contribution in [1.82, 2.24) is 4.98 Å². The summed E-state index contributed by atoms with van der Waals surface area (Å²) < 4.78 is 18.7. The highest BCUT2D eigenvalue weighted by atomic mass is 32.1. The van der Waals surface area contributed by atoms with Gasteiger partial charge in [0.05, 0.1) is 18.4 Å².